The zero-order valence-electron chi connectivity index (χ0n) is 7.91. The number of halogens is 2. The lowest BCUT2D eigenvalue weighted by Crippen LogP contribution is -2.04. The molecule has 80 valence electrons. The van der Waals surface area contributed by atoms with Crippen molar-refractivity contribution in [2.75, 3.05) is 6.61 Å². The summed E-state index contributed by atoms with van der Waals surface area (Å²) in [5.41, 5.74) is 0.149. The predicted molar refractivity (Wildman–Crippen MR) is 55.0 cm³/mol. The smallest absolute Gasteiger partial charge is 0.139 e. The van der Waals surface area contributed by atoms with E-state index in [9.17, 15) is 9.50 Å². The van der Waals surface area contributed by atoms with Crippen LogP contribution in [0.4, 0.5) is 4.39 Å². The summed E-state index contributed by atoms with van der Waals surface area (Å²) in [6.45, 7) is 0.536. The topological polar surface area (TPSA) is 29.5 Å². The minimum atomic E-state index is -1.06. The van der Waals surface area contributed by atoms with Gasteiger partial charge in [-0.2, -0.15) is 0 Å². The minimum absolute atomic E-state index is 0.149. The molecule has 1 unspecified atom stereocenters. The monoisotopic (exact) mass is 228 g/mol. The van der Waals surface area contributed by atoms with Crippen molar-refractivity contribution in [3.05, 3.63) is 46.4 Å². The van der Waals surface area contributed by atoms with Crippen molar-refractivity contribution in [2.45, 2.75) is 12.5 Å². The third-order valence-electron chi connectivity index (χ3n) is 2.25. The maximum atomic E-state index is 13.4. The van der Waals surface area contributed by atoms with Gasteiger partial charge in [-0.15, -0.1) is 0 Å². The number of rotatable bonds is 2. The Morgan fingerprint density at radius 1 is 1.47 bits per heavy atom. The quantitative estimate of drug-likeness (QED) is 0.844. The first-order chi connectivity index (χ1) is 7.18. The van der Waals surface area contributed by atoms with Gasteiger partial charge in [-0.1, -0.05) is 11.6 Å². The molecule has 0 radical (unpaired) electrons. The third kappa shape index (κ3) is 2.13. The van der Waals surface area contributed by atoms with Crippen LogP contribution in [0.15, 0.2) is 30.0 Å². The number of benzene rings is 1. The van der Waals surface area contributed by atoms with Crippen LogP contribution >= 0.6 is 11.6 Å². The van der Waals surface area contributed by atoms with Crippen LogP contribution in [0.3, 0.4) is 0 Å². The van der Waals surface area contributed by atoms with Gasteiger partial charge < -0.3 is 9.84 Å². The van der Waals surface area contributed by atoms with Crippen molar-refractivity contribution >= 4 is 11.6 Å². The molecule has 0 aromatic heterocycles. The van der Waals surface area contributed by atoms with E-state index in [4.69, 9.17) is 16.3 Å². The summed E-state index contributed by atoms with van der Waals surface area (Å²) in [5.74, 6) is -0.0838. The molecule has 0 spiro atoms. The van der Waals surface area contributed by atoms with Gasteiger partial charge in [0.2, 0.25) is 0 Å². The highest BCUT2D eigenvalue weighted by atomic mass is 35.5. The Morgan fingerprint density at radius 3 is 2.93 bits per heavy atom. The highest BCUT2D eigenvalue weighted by Crippen LogP contribution is 2.29. The molecule has 1 aromatic carbocycles. The van der Waals surface area contributed by atoms with Gasteiger partial charge in [0.1, 0.15) is 17.7 Å². The lowest BCUT2D eigenvalue weighted by Gasteiger charge is -2.13. The fourth-order valence-corrected chi connectivity index (χ4v) is 1.69. The standard InChI is InChI=1S/C11H10ClFO2/c12-7-3-4-9(13)8(6-7)11(14)10-2-1-5-15-10/h2-4,6,11,14H,1,5H2. The maximum Gasteiger partial charge on any atom is 0.139 e. The molecule has 0 amide bonds. The Bertz CT molecular complexity index is 404. The van der Waals surface area contributed by atoms with E-state index in [1.54, 1.807) is 6.08 Å². The van der Waals surface area contributed by atoms with Gasteiger partial charge in [-0.25, -0.2) is 4.39 Å². The van der Waals surface area contributed by atoms with E-state index in [1.807, 2.05) is 0 Å². The molecule has 1 aliphatic rings. The summed E-state index contributed by atoms with van der Waals surface area (Å²) in [4.78, 5) is 0. The Balaban J connectivity index is 2.31. The second kappa shape index (κ2) is 4.21. The van der Waals surface area contributed by atoms with E-state index in [0.29, 0.717) is 17.4 Å². The summed E-state index contributed by atoms with van der Waals surface area (Å²) in [7, 11) is 0. The lowest BCUT2D eigenvalue weighted by atomic mass is 10.1. The van der Waals surface area contributed by atoms with Gasteiger partial charge in [-0.05, 0) is 24.3 Å². The molecule has 0 fully saturated rings. The fraction of sp³-hybridized carbons (Fsp3) is 0.273. The molecule has 1 heterocycles. The summed E-state index contributed by atoms with van der Waals surface area (Å²) in [6.07, 6.45) is 1.44. The summed E-state index contributed by atoms with van der Waals surface area (Å²) in [5, 5.41) is 10.2. The molecule has 2 nitrogen and oxygen atoms in total. The molecule has 0 bridgehead atoms. The zero-order chi connectivity index (χ0) is 10.8. The van der Waals surface area contributed by atoms with Crippen LogP contribution in [0.1, 0.15) is 18.1 Å². The number of hydrogen-bond acceptors (Lipinski definition) is 2. The van der Waals surface area contributed by atoms with Gasteiger partial charge in [-0.3, -0.25) is 0 Å². The van der Waals surface area contributed by atoms with Crippen LogP contribution in [-0.4, -0.2) is 11.7 Å². The van der Waals surface area contributed by atoms with E-state index in [0.717, 1.165) is 6.42 Å². The van der Waals surface area contributed by atoms with Crippen molar-refractivity contribution in [1.82, 2.24) is 0 Å². The van der Waals surface area contributed by atoms with Gasteiger partial charge >= 0.3 is 0 Å². The number of ether oxygens (including phenoxy) is 1. The Labute approximate surface area is 91.9 Å². The first-order valence-corrected chi connectivity index (χ1v) is 5.02. The van der Waals surface area contributed by atoms with Crippen LogP contribution in [0.2, 0.25) is 5.02 Å². The van der Waals surface area contributed by atoms with E-state index < -0.39 is 11.9 Å². The van der Waals surface area contributed by atoms with Crippen molar-refractivity contribution < 1.29 is 14.2 Å². The average molecular weight is 229 g/mol. The second-order valence-corrected chi connectivity index (χ2v) is 3.75. The van der Waals surface area contributed by atoms with Crippen molar-refractivity contribution in [3.63, 3.8) is 0 Å². The highest BCUT2D eigenvalue weighted by Gasteiger charge is 2.21. The molecule has 0 aliphatic carbocycles. The highest BCUT2D eigenvalue weighted by molar-refractivity contribution is 6.30. The van der Waals surface area contributed by atoms with Crippen LogP contribution < -0.4 is 0 Å². The SMILES string of the molecule is OC(C1=CCCO1)c1cc(Cl)ccc1F. The maximum absolute atomic E-state index is 13.4. The molecule has 2 rings (SSSR count). The summed E-state index contributed by atoms with van der Waals surface area (Å²) >= 11 is 5.73. The van der Waals surface area contributed by atoms with Crippen molar-refractivity contribution in [1.29, 1.82) is 0 Å². The lowest BCUT2D eigenvalue weighted by molar-refractivity contribution is 0.116. The first-order valence-electron chi connectivity index (χ1n) is 4.64. The average Bonchev–Trinajstić information content (AvgIpc) is 2.74. The molecule has 4 heteroatoms. The molecule has 1 aliphatic heterocycles. The van der Waals surface area contributed by atoms with E-state index in [2.05, 4.69) is 0 Å². The van der Waals surface area contributed by atoms with Gasteiger partial charge in [0.15, 0.2) is 0 Å². The summed E-state index contributed by atoms with van der Waals surface area (Å²) < 4.78 is 18.5. The van der Waals surface area contributed by atoms with Gasteiger partial charge in [0, 0.05) is 17.0 Å². The Hall–Kier alpha value is -1.06. The Kier molecular flexibility index (Phi) is 2.93. The fourth-order valence-electron chi connectivity index (χ4n) is 1.50. The predicted octanol–water partition coefficient (Wildman–Crippen LogP) is 2.82. The van der Waals surface area contributed by atoms with Gasteiger partial charge in [0.05, 0.1) is 6.61 Å². The van der Waals surface area contributed by atoms with Gasteiger partial charge in [0.25, 0.3) is 0 Å². The second-order valence-electron chi connectivity index (χ2n) is 3.31. The third-order valence-corrected chi connectivity index (χ3v) is 2.49. The first kappa shape index (κ1) is 10.5. The Morgan fingerprint density at radius 2 is 2.27 bits per heavy atom. The number of hydrogen-bond donors (Lipinski definition) is 1. The molecule has 1 aromatic rings. The molecule has 0 saturated carbocycles. The minimum Gasteiger partial charge on any atom is -0.495 e. The normalized spacial score (nSPS) is 17.1. The molecule has 1 atom stereocenters. The van der Waals surface area contributed by atoms with E-state index in [-0.39, 0.29) is 5.56 Å². The van der Waals surface area contributed by atoms with Crippen LogP contribution in [0.25, 0.3) is 0 Å². The van der Waals surface area contributed by atoms with E-state index in [1.165, 1.54) is 18.2 Å². The van der Waals surface area contributed by atoms with Crippen molar-refractivity contribution in [3.8, 4) is 0 Å². The van der Waals surface area contributed by atoms with E-state index >= 15 is 0 Å². The van der Waals surface area contributed by atoms with Crippen LogP contribution in [0, 0.1) is 5.82 Å². The number of aliphatic hydroxyl groups is 1. The number of aliphatic hydroxyl groups excluding tert-OH is 1. The van der Waals surface area contributed by atoms with Crippen LogP contribution in [-0.2, 0) is 4.74 Å². The molecule has 15 heavy (non-hydrogen) atoms. The molecule has 1 N–H and O–H groups in total. The molecule has 0 saturated heterocycles. The van der Waals surface area contributed by atoms with Crippen molar-refractivity contribution in [2.24, 2.45) is 0 Å². The van der Waals surface area contributed by atoms with Crippen LogP contribution in [0.5, 0.6) is 0 Å². The molecular weight excluding hydrogens is 219 g/mol. The molecular formula is C11H10ClFO2. The summed E-state index contributed by atoms with van der Waals surface area (Å²) in [6, 6.07) is 4.08. The largest absolute Gasteiger partial charge is 0.495 e. The zero-order valence-corrected chi connectivity index (χ0v) is 8.67.